The van der Waals surface area contributed by atoms with E-state index in [-0.39, 0.29) is 24.7 Å². The number of rotatable bonds is 3. The Kier molecular flexibility index (Phi) is 4.18. The fraction of sp³-hybridized carbons (Fsp3) is 0.889. The summed E-state index contributed by atoms with van der Waals surface area (Å²) in [5.41, 5.74) is 5.83. The Labute approximate surface area is 78.4 Å². The van der Waals surface area contributed by atoms with Gasteiger partial charge in [0.2, 0.25) is 0 Å². The second-order valence-electron chi connectivity index (χ2n) is 3.37. The van der Waals surface area contributed by atoms with Crippen LogP contribution in [0.1, 0.15) is 25.7 Å². The number of esters is 1. The highest BCUT2D eigenvalue weighted by Crippen LogP contribution is 2.19. The van der Waals surface area contributed by atoms with Crippen molar-refractivity contribution in [3.8, 4) is 0 Å². The van der Waals surface area contributed by atoms with E-state index in [1.54, 1.807) is 0 Å². The fourth-order valence-electron chi connectivity index (χ4n) is 1.57. The van der Waals surface area contributed by atoms with Gasteiger partial charge in [0.1, 0.15) is 6.61 Å². The second kappa shape index (κ2) is 5.19. The molecule has 0 bridgehead atoms. The van der Waals surface area contributed by atoms with Crippen molar-refractivity contribution in [3.63, 3.8) is 0 Å². The van der Waals surface area contributed by atoms with Crippen LogP contribution in [0.3, 0.4) is 0 Å². The van der Waals surface area contributed by atoms with Gasteiger partial charge in [0.25, 0.3) is 0 Å². The third kappa shape index (κ3) is 3.32. The first kappa shape index (κ1) is 10.5. The van der Waals surface area contributed by atoms with Crippen LogP contribution in [-0.4, -0.2) is 31.8 Å². The fourth-order valence-corrected chi connectivity index (χ4v) is 1.57. The van der Waals surface area contributed by atoms with Gasteiger partial charge in [0, 0.05) is 6.04 Å². The molecule has 13 heavy (non-hydrogen) atoms. The van der Waals surface area contributed by atoms with Crippen LogP contribution in [0.5, 0.6) is 0 Å². The van der Waals surface area contributed by atoms with Gasteiger partial charge in [-0.25, -0.2) is 4.79 Å². The van der Waals surface area contributed by atoms with Crippen LogP contribution < -0.4 is 5.73 Å². The summed E-state index contributed by atoms with van der Waals surface area (Å²) < 4.78 is 9.82. The topological polar surface area (TPSA) is 61.5 Å². The van der Waals surface area contributed by atoms with Crippen molar-refractivity contribution in [1.82, 2.24) is 0 Å². The minimum absolute atomic E-state index is 0.0227. The average molecular weight is 187 g/mol. The Morgan fingerprint density at radius 2 is 2.15 bits per heavy atom. The molecule has 76 valence electrons. The molecular weight excluding hydrogens is 170 g/mol. The van der Waals surface area contributed by atoms with Crippen molar-refractivity contribution in [2.75, 3.05) is 13.7 Å². The summed E-state index contributed by atoms with van der Waals surface area (Å²) in [4.78, 5) is 10.8. The Bertz CT molecular complexity index is 172. The minimum atomic E-state index is -0.335. The van der Waals surface area contributed by atoms with E-state index < -0.39 is 0 Å². The summed E-state index contributed by atoms with van der Waals surface area (Å²) in [7, 11) is 1.35. The molecule has 0 heterocycles. The standard InChI is InChI=1S/C9H17NO3/c1-12-9(11)6-13-8-5-3-2-4-7(8)10/h7-8H,2-6,10H2,1H3/t7-,8-/m0/s1. The molecule has 2 atom stereocenters. The first-order chi connectivity index (χ1) is 6.24. The van der Waals surface area contributed by atoms with Gasteiger partial charge < -0.3 is 15.2 Å². The van der Waals surface area contributed by atoms with E-state index in [0.717, 1.165) is 19.3 Å². The summed E-state index contributed by atoms with van der Waals surface area (Å²) in [5, 5.41) is 0. The molecule has 0 aromatic carbocycles. The van der Waals surface area contributed by atoms with Crippen LogP contribution in [0.25, 0.3) is 0 Å². The SMILES string of the molecule is COC(=O)CO[C@H]1CCCC[C@@H]1N. The van der Waals surface area contributed by atoms with Gasteiger partial charge in [0.15, 0.2) is 0 Å². The molecule has 1 fully saturated rings. The van der Waals surface area contributed by atoms with Gasteiger partial charge in [0.05, 0.1) is 13.2 Å². The lowest BCUT2D eigenvalue weighted by atomic mass is 9.93. The molecule has 1 aliphatic carbocycles. The predicted molar refractivity (Wildman–Crippen MR) is 48.2 cm³/mol. The molecule has 0 unspecified atom stereocenters. The zero-order chi connectivity index (χ0) is 9.68. The second-order valence-corrected chi connectivity index (χ2v) is 3.37. The van der Waals surface area contributed by atoms with Crippen LogP contribution in [-0.2, 0) is 14.3 Å². The first-order valence-electron chi connectivity index (χ1n) is 4.68. The number of hydrogen-bond donors (Lipinski definition) is 1. The van der Waals surface area contributed by atoms with Crippen molar-refractivity contribution < 1.29 is 14.3 Å². The van der Waals surface area contributed by atoms with Gasteiger partial charge in [-0.2, -0.15) is 0 Å². The number of nitrogens with two attached hydrogens (primary N) is 1. The summed E-state index contributed by atoms with van der Waals surface area (Å²) >= 11 is 0. The molecule has 1 rings (SSSR count). The number of carbonyl (C=O) groups is 1. The molecule has 4 nitrogen and oxygen atoms in total. The monoisotopic (exact) mass is 187 g/mol. The lowest BCUT2D eigenvalue weighted by molar-refractivity contribution is -0.149. The maximum absolute atomic E-state index is 10.8. The summed E-state index contributed by atoms with van der Waals surface area (Å²) in [6.45, 7) is 0.0227. The predicted octanol–water partition coefficient (Wildman–Crippen LogP) is 0.446. The third-order valence-corrected chi connectivity index (χ3v) is 2.40. The molecule has 1 saturated carbocycles. The Morgan fingerprint density at radius 1 is 1.46 bits per heavy atom. The van der Waals surface area contributed by atoms with E-state index in [9.17, 15) is 4.79 Å². The van der Waals surface area contributed by atoms with Crippen molar-refractivity contribution in [1.29, 1.82) is 0 Å². The maximum Gasteiger partial charge on any atom is 0.331 e. The maximum atomic E-state index is 10.8. The smallest absolute Gasteiger partial charge is 0.331 e. The summed E-state index contributed by atoms with van der Waals surface area (Å²) in [6, 6.07) is 0.0819. The van der Waals surface area contributed by atoms with Crippen LogP contribution >= 0.6 is 0 Å². The highest BCUT2D eigenvalue weighted by molar-refractivity contribution is 5.70. The van der Waals surface area contributed by atoms with Crippen molar-refractivity contribution in [2.45, 2.75) is 37.8 Å². The molecule has 0 amide bonds. The highest BCUT2D eigenvalue weighted by Gasteiger charge is 2.22. The molecule has 0 spiro atoms. The Balaban J connectivity index is 2.22. The van der Waals surface area contributed by atoms with Crippen LogP contribution in [0, 0.1) is 0 Å². The van der Waals surface area contributed by atoms with Gasteiger partial charge in [-0.3, -0.25) is 0 Å². The van der Waals surface area contributed by atoms with Crippen LogP contribution in [0.2, 0.25) is 0 Å². The van der Waals surface area contributed by atoms with Gasteiger partial charge in [-0.15, -0.1) is 0 Å². The van der Waals surface area contributed by atoms with E-state index in [0.29, 0.717) is 0 Å². The molecule has 4 heteroatoms. The number of hydrogen-bond acceptors (Lipinski definition) is 4. The molecule has 0 aliphatic heterocycles. The van der Waals surface area contributed by atoms with Crippen molar-refractivity contribution >= 4 is 5.97 Å². The van der Waals surface area contributed by atoms with E-state index in [1.807, 2.05) is 0 Å². The van der Waals surface area contributed by atoms with Crippen molar-refractivity contribution in [3.05, 3.63) is 0 Å². The number of ether oxygens (including phenoxy) is 2. The third-order valence-electron chi connectivity index (χ3n) is 2.40. The van der Waals surface area contributed by atoms with Crippen LogP contribution in [0.15, 0.2) is 0 Å². The quantitative estimate of drug-likeness (QED) is 0.651. The molecule has 0 aromatic rings. The van der Waals surface area contributed by atoms with Gasteiger partial charge in [-0.1, -0.05) is 12.8 Å². The lowest BCUT2D eigenvalue weighted by Crippen LogP contribution is -2.40. The summed E-state index contributed by atoms with van der Waals surface area (Å²) in [6.07, 6.45) is 4.29. The normalized spacial score (nSPS) is 28.5. The number of methoxy groups -OCH3 is 1. The zero-order valence-electron chi connectivity index (χ0n) is 7.99. The molecule has 0 saturated heterocycles. The molecular formula is C9H17NO3. The molecule has 1 aliphatic rings. The Morgan fingerprint density at radius 3 is 2.77 bits per heavy atom. The minimum Gasteiger partial charge on any atom is -0.467 e. The van der Waals surface area contributed by atoms with Gasteiger partial charge in [-0.05, 0) is 12.8 Å². The van der Waals surface area contributed by atoms with Crippen molar-refractivity contribution in [2.24, 2.45) is 5.73 Å². The Hall–Kier alpha value is -0.610. The van der Waals surface area contributed by atoms with Crippen LogP contribution in [0.4, 0.5) is 0 Å². The summed E-state index contributed by atoms with van der Waals surface area (Å²) in [5.74, 6) is -0.335. The zero-order valence-corrected chi connectivity index (χ0v) is 7.99. The average Bonchev–Trinajstić information content (AvgIpc) is 2.16. The molecule has 0 radical (unpaired) electrons. The lowest BCUT2D eigenvalue weighted by Gasteiger charge is -2.27. The van der Waals surface area contributed by atoms with E-state index in [4.69, 9.17) is 10.5 Å². The van der Waals surface area contributed by atoms with Gasteiger partial charge >= 0.3 is 5.97 Å². The molecule has 2 N–H and O–H groups in total. The molecule has 0 aromatic heterocycles. The first-order valence-corrected chi connectivity index (χ1v) is 4.68. The largest absolute Gasteiger partial charge is 0.467 e. The van der Waals surface area contributed by atoms with E-state index in [2.05, 4.69) is 4.74 Å². The van der Waals surface area contributed by atoms with E-state index in [1.165, 1.54) is 13.5 Å². The highest BCUT2D eigenvalue weighted by atomic mass is 16.6. The van der Waals surface area contributed by atoms with E-state index >= 15 is 0 Å². The number of carbonyl (C=O) groups excluding carboxylic acids is 1.